The lowest BCUT2D eigenvalue weighted by molar-refractivity contribution is -0.124. The maximum absolute atomic E-state index is 13.8. The predicted octanol–water partition coefficient (Wildman–Crippen LogP) is 1.78. The summed E-state index contributed by atoms with van der Waals surface area (Å²) in [5.74, 6) is -0.302. The number of likely N-dealkylation sites (N-methyl/N-ethyl adjacent to an activating group) is 1. The van der Waals surface area contributed by atoms with E-state index in [9.17, 15) is 9.18 Å². The second kappa shape index (κ2) is 18.6. The van der Waals surface area contributed by atoms with Crippen molar-refractivity contribution < 1.29 is 23.4 Å². The van der Waals surface area contributed by atoms with Crippen LogP contribution in [0.2, 0.25) is 0 Å². The third-order valence-electron chi connectivity index (χ3n) is 2.98. The van der Waals surface area contributed by atoms with Crippen LogP contribution in [-0.2, 0) is 19.0 Å². The van der Waals surface area contributed by atoms with Gasteiger partial charge in [0.15, 0.2) is 0 Å². The Hall–Kier alpha value is -0.760. The lowest BCUT2D eigenvalue weighted by Gasteiger charge is -2.18. The normalized spacial score (nSPS) is 13.2. The van der Waals surface area contributed by atoms with Crippen molar-refractivity contribution in [2.45, 2.75) is 46.9 Å². The van der Waals surface area contributed by atoms with E-state index in [0.717, 1.165) is 6.54 Å². The minimum atomic E-state index is -1.23. The van der Waals surface area contributed by atoms with Crippen molar-refractivity contribution in [1.82, 2.24) is 10.6 Å². The lowest BCUT2D eigenvalue weighted by Crippen LogP contribution is -2.38. The number of halogens is 1. The number of nitrogens with one attached hydrogen (secondary N) is 2. The van der Waals surface area contributed by atoms with E-state index >= 15 is 0 Å². The van der Waals surface area contributed by atoms with Crippen LogP contribution in [0, 0.1) is 5.92 Å². The molecule has 0 aliphatic carbocycles. The van der Waals surface area contributed by atoms with E-state index in [-0.39, 0.29) is 18.4 Å². The molecule has 0 aromatic heterocycles. The van der Waals surface area contributed by atoms with Gasteiger partial charge in [0.1, 0.15) is 6.17 Å². The highest BCUT2D eigenvalue weighted by molar-refractivity contribution is 5.77. The zero-order valence-electron chi connectivity index (χ0n) is 16.2. The van der Waals surface area contributed by atoms with Gasteiger partial charge < -0.3 is 24.8 Å². The first kappa shape index (κ1) is 25.5. The lowest BCUT2D eigenvalue weighted by atomic mass is 10.2. The predicted molar refractivity (Wildman–Crippen MR) is 95.1 cm³/mol. The molecule has 0 spiro atoms. The number of carbonyl (C=O) groups excluding carboxylic acids is 1. The topological polar surface area (TPSA) is 68.8 Å². The van der Waals surface area contributed by atoms with E-state index < -0.39 is 12.3 Å². The Morgan fingerprint density at radius 3 is 2.08 bits per heavy atom. The summed E-state index contributed by atoms with van der Waals surface area (Å²) in [5.41, 5.74) is 0. The molecule has 0 aromatic rings. The van der Waals surface area contributed by atoms with Crippen molar-refractivity contribution in [3.63, 3.8) is 0 Å². The molecule has 0 bridgehead atoms. The Morgan fingerprint density at radius 1 is 1.00 bits per heavy atom. The van der Waals surface area contributed by atoms with Crippen LogP contribution in [0.3, 0.4) is 0 Å². The highest BCUT2D eigenvalue weighted by Gasteiger charge is 2.18. The van der Waals surface area contributed by atoms with E-state index in [1.807, 2.05) is 20.9 Å². The molecule has 0 rings (SSSR count). The summed E-state index contributed by atoms with van der Waals surface area (Å²) in [6.07, 6.45) is -1.81. The van der Waals surface area contributed by atoms with Crippen molar-refractivity contribution in [2.75, 3.05) is 53.2 Å². The molecule has 0 radical (unpaired) electrons. The molecule has 2 atom stereocenters. The molecular formula is C17H37FN2O4. The first-order chi connectivity index (χ1) is 11.5. The number of hydrogen-bond acceptors (Lipinski definition) is 5. The Bertz CT molecular complexity index is 281. The van der Waals surface area contributed by atoms with Gasteiger partial charge in [-0.3, -0.25) is 4.79 Å². The molecular weight excluding hydrogens is 315 g/mol. The Labute approximate surface area is 146 Å². The fourth-order valence-corrected chi connectivity index (χ4v) is 1.46. The third-order valence-corrected chi connectivity index (χ3v) is 2.98. The third kappa shape index (κ3) is 16.1. The molecule has 2 unspecified atom stereocenters. The number of amides is 1. The molecule has 0 fully saturated rings. The van der Waals surface area contributed by atoms with Crippen LogP contribution in [-0.4, -0.2) is 71.4 Å². The smallest absolute Gasteiger partial charge is 0.222 e. The molecule has 1 amide bonds. The van der Waals surface area contributed by atoms with Gasteiger partial charge in [-0.25, -0.2) is 4.39 Å². The zero-order chi connectivity index (χ0) is 18.8. The monoisotopic (exact) mass is 352 g/mol. The summed E-state index contributed by atoms with van der Waals surface area (Å²) < 4.78 is 29.7. The van der Waals surface area contributed by atoms with Gasteiger partial charge in [-0.1, -0.05) is 27.7 Å². The van der Waals surface area contributed by atoms with Crippen molar-refractivity contribution in [1.29, 1.82) is 0 Å². The molecule has 6 nitrogen and oxygen atoms in total. The van der Waals surface area contributed by atoms with Crippen molar-refractivity contribution in [3.05, 3.63) is 0 Å². The molecule has 0 saturated heterocycles. The Balaban J connectivity index is 0. The maximum Gasteiger partial charge on any atom is 0.222 e. The van der Waals surface area contributed by atoms with Crippen LogP contribution in [0.1, 0.15) is 34.6 Å². The number of ether oxygens (including phenoxy) is 3. The first-order valence-electron chi connectivity index (χ1n) is 8.82. The highest BCUT2D eigenvalue weighted by Crippen LogP contribution is 2.03. The summed E-state index contributed by atoms with van der Waals surface area (Å²) in [6.45, 7) is 12.3. The van der Waals surface area contributed by atoms with E-state index in [0.29, 0.717) is 33.0 Å². The standard InChI is InChI=1S/C15H31FN2O4.C2H6/c1-12(2)15(19)18-11-14(16)13(3)22-10-9-21-8-7-20-6-5-17-4;1-2/h12-14,17H,5-11H2,1-4H3,(H,18,19);1-2H3. The van der Waals surface area contributed by atoms with Gasteiger partial charge in [0.2, 0.25) is 5.91 Å². The average molecular weight is 352 g/mol. The van der Waals surface area contributed by atoms with Crippen LogP contribution < -0.4 is 10.6 Å². The van der Waals surface area contributed by atoms with E-state index in [1.54, 1.807) is 20.8 Å². The molecule has 0 aromatic carbocycles. The summed E-state index contributed by atoms with van der Waals surface area (Å²) in [5, 5.41) is 5.53. The maximum atomic E-state index is 13.8. The van der Waals surface area contributed by atoms with Crippen LogP contribution in [0.25, 0.3) is 0 Å². The van der Waals surface area contributed by atoms with Gasteiger partial charge in [0.25, 0.3) is 0 Å². The summed E-state index contributed by atoms with van der Waals surface area (Å²) in [7, 11) is 1.87. The average Bonchev–Trinajstić information content (AvgIpc) is 2.59. The molecule has 7 heteroatoms. The Kier molecular flexibility index (Phi) is 19.7. The van der Waals surface area contributed by atoms with Gasteiger partial charge in [0, 0.05) is 12.5 Å². The molecule has 24 heavy (non-hydrogen) atoms. The van der Waals surface area contributed by atoms with Crippen molar-refractivity contribution in [2.24, 2.45) is 5.92 Å². The quantitative estimate of drug-likeness (QED) is 0.467. The molecule has 0 aliphatic rings. The van der Waals surface area contributed by atoms with Gasteiger partial charge in [0.05, 0.1) is 45.7 Å². The van der Waals surface area contributed by atoms with E-state index in [2.05, 4.69) is 10.6 Å². The minimum absolute atomic E-state index is 0.0294. The Morgan fingerprint density at radius 2 is 1.54 bits per heavy atom. The minimum Gasteiger partial charge on any atom is -0.378 e. The summed E-state index contributed by atoms with van der Waals surface area (Å²) in [4.78, 5) is 11.3. The van der Waals surface area contributed by atoms with Crippen LogP contribution in [0.15, 0.2) is 0 Å². The van der Waals surface area contributed by atoms with Crippen LogP contribution in [0.5, 0.6) is 0 Å². The molecule has 0 heterocycles. The number of carbonyl (C=O) groups is 1. The zero-order valence-corrected chi connectivity index (χ0v) is 16.2. The van der Waals surface area contributed by atoms with Crippen molar-refractivity contribution >= 4 is 5.91 Å². The van der Waals surface area contributed by atoms with Gasteiger partial charge in [-0.2, -0.15) is 0 Å². The van der Waals surface area contributed by atoms with Crippen molar-refractivity contribution in [3.8, 4) is 0 Å². The summed E-state index contributed by atoms with van der Waals surface area (Å²) in [6, 6.07) is 0. The molecule has 0 saturated carbocycles. The molecule has 0 aliphatic heterocycles. The van der Waals surface area contributed by atoms with Gasteiger partial charge in [-0.15, -0.1) is 0 Å². The fraction of sp³-hybridized carbons (Fsp3) is 0.941. The second-order valence-electron chi connectivity index (χ2n) is 5.32. The SMILES string of the molecule is CC.CNCCOCCOCCOC(C)C(F)CNC(=O)C(C)C. The fourth-order valence-electron chi connectivity index (χ4n) is 1.46. The molecule has 146 valence electrons. The first-order valence-corrected chi connectivity index (χ1v) is 8.82. The second-order valence-corrected chi connectivity index (χ2v) is 5.32. The number of hydrogen-bond donors (Lipinski definition) is 2. The largest absolute Gasteiger partial charge is 0.378 e. The van der Waals surface area contributed by atoms with Crippen LogP contribution >= 0.6 is 0 Å². The van der Waals surface area contributed by atoms with Gasteiger partial charge >= 0.3 is 0 Å². The van der Waals surface area contributed by atoms with Crippen LogP contribution in [0.4, 0.5) is 4.39 Å². The molecule has 2 N–H and O–H groups in total. The number of alkyl halides is 1. The van der Waals surface area contributed by atoms with E-state index in [1.165, 1.54) is 0 Å². The summed E-state index contributed by atoms with van der Waals surface area (Å²) >= 11 is 0. The van der Waals surface area contributed by atoms with Gasteiger partial charge in [-0.05, 0) is 14.0 Å². The number of rotatable bonds is 14. The highest BCUT2D eigenvalue weighted by atomic mass is 19.1. The van der Waals surface area contributed by atoms with E-state index in [4.69, 9.17) is 14.2 Å².